The van der Waals surface area contributed by atoms with E-state index in [1.165, 1.54) is 18.2 Å². The molecule has 0 aliphatic rings. The summed E-state index contributed by atoms with van der Waals surface area (Å²) >= 11 is 0. The Balaban J connectivity index is 2.59. The van der Waals surface area contributed by atoms with Gasteiger partial charge in [0.15, 0.2) is 0 Å². The Bertz CT molecular complexity index is 500. The zero-order valence-electron chi connectivity index (χ0n) is 10.7. The summed E-state index contributed by atoms with van der Waals surface area (Å²) in [6, 6.07) is 5.57. The highest BCUT2D eigenvalue weighted by atomic mass is 32.2. The second-order valence-corrected chi connectivity index (χ2v) is 6.84. The van der Waals surface area contributed by atoms with Gasteiger partial charge in [-0.15, -0.1) is 0 Å². The molecule has 0 bridgehead atoms. The predicted octanol–water partition coefficient (Wildman–Crippen LogP) is 2.87. The standard InChI is InChI=1S/C13H18F2O3S/c1-2-19(17,18)8-4-7-12(16)10-5-3-6-11(9-10)13(14)15/h3,5-6,9,12-13,16H,2,4,7-8H2,1H3. The van der Waals surface area contributed by atoms with E-state index in [1.807, 2.05) is 0 Å². The Morgan fingerprint density at radius 3 is 2.47 bits per heavy atom. The maximum absolute atomic E-state index is 12.5. The van der Waals surface area contributed by atoms with Crippen LogP contribution in [0.25, 0.3) is 0 Å². The molecule has 0 amide bonds. The maximum atomic E-state index is 12.5. The third kappa shape index (κ3) is 5.24. The Morgan fingerprint density at radius 1 is 1.26 bits per heavy atom. The van der Waals surface area contributed by atoms with Crippen LogP contribution in [0.2, 0.25) is 0 Å². The van der Waals surface area contributed by atoms with E-state index in [0.717, 1.165) is 0 Å². The molecule has 0 saturated carbocycles. The summed E-state index contributed by atoms with van der Waals surface area (Å²) in [4.78, 5) is 0. The highest BCUT2D eigenvalue weighted by Gasteiger charge is 2.14. The van der Waals surface area contributed by atoms with Gasteiger partial charge in [-0.3, -0.25) is 0 Å². The fraction of sp³-hybridized carbons (Fsp3) is 0.538. The molecule has 0 radical (unpaired) electrons. The number of halogens is 2. The lowest BCUT2D eigenvalue weighted by Crippen LogP contribution is -2.10. The molecule has 6 heteroatoms. The number of aliphatic hydroxyl groups is 1. The zero-order chi connectivity index (χ0) is 14.5. The molecule has 0 saturated heterocycles. The van der Waals surface area contributed by atoms with Crippen molar-refractivity contribution in [1.29, 1.82) is 0 Å². The number of hydrogen-bond acceptors (Lipinski definition) is 3. The molecule has 0 spiro atoms. The number of hydrogen-bond donors (Lipinski definition) is 1. The molecule has 1 aromatic carbocycles. The summed E-state index contributed by atoms with van der Waals surface area (Å²) in [5.41, 5.74) is 0.254. The Labute approximate surface area is 112 Å². The molecule has 0 aromatic heterocycles. The number of alkyl halides is 2. The molecule has 0 aliphatic carbocycles. The molecule has 1 atom stereocenters. The molecule has 19 heavy (non-hydrogen) atoms. The number of benzene rings is 1. The van der Waals surface area contributed by atoms with Crippen LogP contribution in [0.1, 0.15) is 43.4 Å². The average molecular weight is 292 g/mol. The van der Waals surface area contributed by atoms with Gasteiger partial charge in [0.2, 0.25) is 0 Å². The van der Waals surface area contributed by atoms with Crippen molar-refractivity contribution >= 4 is 9.84 Å². The molecular formula is C13H18F2O3S. The first-order valence-corrected chi connectivity index (χ1v) is 7.94. The summed E-state index contributed by atoms with van der Waals surface area (Å²) in [7, 11) is -3.05. The van der Waals surface area contributed by atoms with E-state index in [4.69, 9.17) is 0 Å². The van der Waals surface area contributed by atoms with Gasteiger partial charge in [0.05, 0.1) is 11.9 Å². The Morgan fingerprint density at radius 2 is 1.89 bits per heavy atom. The largest absolute Gasteiger partial charge is 0.388 e. The van der Waals surface area contributed by atoms with Crippen molar-refractivity contribution in [3.05, 3.63) is 35.4 Å². The van der Waals surface area contributed by atoms with Crippen LogP contribution < -0.4 is 0 Å². The predicted molar refractivity (Wildman–Crippen MR) is 69.9 cm³/mol. The third-order valence-corrected chi connectivity index (χ3v) is 4.71. The number of rotatable bonds is 7. The van der Waals surface area contributed by atoms with Gasteiger partial charge in [-0.05, 0) is 24.5 Å². The highest BCUT2D eigenvalue weighted by molar-refractivity contribution is 7.91. The monoisotopic (exact) mass is 292 g/mol. The van der Waals surface area contributed by atoms with E-state index in [2.05, 4.69) is 0 Å². The van der Waals surface area contributed by atoms with Crippen molar-refractivity contribution in [3.8, 4) is 0 Å². The lowest BCUT2D eigenvalue weighted by atomic mass is 10.0. The molecule has 1 rings (SSSR count). The Kier molecular flexibility index (Phi) is 5.87. The minimum atomic E-state index is -3.05. The van der Waals surface area contributed by atoms with E-state index in [1.54, 1.807) is 13.0 Å². The van der Waals surface area contributed by atoms with Crippen LogP contribution in [-0.4, -0.2) is 25.0 Å². The van der Waals surface area contributed by atoms with E-state index in [-0.39, 0.29) is 23.5 Å². The summed E-state index contributed by atoms with van der Waals surface area (Å²) in [6.45, 7) is 1.57. The van der Waals surface area contributed by atoms with Gasteiger partial charge in [0.1, 0.15) is 9.84 Å². The van der Waals surface area contributed by atoms with Crippen LogP contribution in [0.3, 0.4) is 0 Å². The molecule has 0 aliphatic heterocycles. The maximum Gasteiger partial charge on any atom is 0.263 e. The van der Waals surface area contributed by atoms with Gasteiger partial charge in [-0.1, -0.05) is 25.1 Å². The third-order valence-electron chi connectivity index (χ3n) is 2.92. The molecule has 1 N–H and O–H groups in total. The molecular weight excluding hydrogens is 274 g/mol. The lowest BCUT2D eigenvalue weighted by Gasteiger charge is -2.12. The molecule has 108 valence electrons. The van der Waals surface area contributed by atoms with Gasteiger partial charge < -0.3 is 5.11 Å². The average Bonchev–Trinajstić information content (AvgIpc) is 2.38. The second-order valence-electron chi connectivity index (χ2n) is 4.37. The number of aliphatic hydroxyl groups excluding tert-OH is 1. The first kappa shape index (κ1) is 16.0. The van der Waals surface area contributed by atoms with Crippen LogP contribution in [0.5, 0.6) is 0 Å². The fourth-order valence-electron chi connectivity index (χ4n) is 1.71. The lowest BCUT2D eigenvalue weighted by molar-refractivity contribution is 0.148. The van der Waals surface area contributed by atoms with Crippen molar-refractivity contribution in [2.75, 3.05) is 11.5 Å². The van der Waals surface area contributed by atoms with Gasteiger partial charge >= 0.3 is 0 Å². The first-order chi connectivity index (χ1) is 8.85. The van der Waals surface area contributed by atoms with Gasteiger partial charge in [-0.25, -0.2) is 17.2 Å². The van der Waals surface area contributed by atoms with E-state index in [0.29, 0.717) is 12.0 Å². The zero-order valence-corrected chi connectivity index (χ0v) is 11.5. The fourth-order valence-corrected chi connectivity index (χ4v) is 2.60. The van der Waals surface area contributed by atoms with Gasteiger partial charge in [0, 0.05) is 11.3 Å². The minimum Gasteiger partial charge on any atom is -0.388 e. The van der Waals surface area contributed by atoms with E-state index >= 15 is 0 Å². The second kappa shape index (κ2) is 6.96. The van der Waals surface area contributed by atoms with Crippen LogP contribution >= 0.6 is 0 Å². The summed E-state index contributed by atoms with van der Waals surface area (Å²) in [6.07, 6.45) is -2.93. The summed E-state index contributed by atoms with van der Waals surface area (Å²) in [5, 5.41) is 9.86. The van der Waals surface area contributed by atoms with Gasteiger partial charge in [0.25, 0.3) is 6.43 Å². The van der Waals surface area contributed by atoms with Crippen molar-refractivity contribution in [3.63, 3.8) is 0 Å². The van der Waals surface area contributed by atoms with Crippen LogP contribution in [0.15, 0.2) is 24.3 Å². The number of sulfone groups is 1. The molecule has 0 fully saturated rings. The topological polar surface area (TPSA) is 54.4 Å². The normalized spacial score (nSPS) is 13.7. The quantitative estimate of drug-likeness (QED) is 0.840. The van der Waals surface area contributed by atoms with Crippen molar-refractivity contribution in [2.24, 2.45) is 0 Å². The molecule has 0 heterocycles. The first-order valence-electron chi connectivity index (χ1n) is 6.12. The van der Waals surface area contributed by atoms with Crippen LogP contribution in [0.4, 0.5) is 8.78 Å². The highest BCUT2D eigenvalue weighted by Crippen LogP contribution is 2.24. The Hall–Kier alpha value is -1.01. The summed E-state index contributed by atoms with van der Waals surface area (Å²) in [5.74, 6) is 0.0824. The smallest absolute Gasteiger partial charge is 0.263 e. The van der Waals surface area contributed by atoms with E-state index < -0.39 is 22.4 Å². The molecule has 1 aromatic rings. The van der Waals surface area contributed by atoms with E-state index in [9.17, 15) is 22.3 Å². The van der Waals surface area contributed by atoms with Crippen molar-refractivity contribution < 1.29 is 22.3 Å². The van der Waals surface area contributed by atoms with Crippen LogP contribution in [0, 0.1) is 0 Å². The molecule has 3 nitrogen and oxygen atoms in total. The van der Waals surface area contributed by atoms with Crippen molar-refractivity contribution in [1.82, 2.24) is 0 Å². The molecule has 1 unspecified atom stereocenters. The van der Waals surface area contributed by atoms with Gasteiger partial charge in [-0.2, -0.15) is 0 Å². The summed E-state index contributed by atoms with van der Waals surface area (Å²) < 4.78 is 47.6. The SMILES string of the molecule is CCS(=O)(=O)CCCC(O)c1cccc(C(F)F)c1. The minimum absolute atomic E-state index is 0.00903. The van der Waals surface area contributed by atoms with Crippen molar-refractivity contribution in [2.45, 2.75) is 32.3 Å². The van der Waals surface area contributed by atoms with Crippen LogP contribution in [-0.2, 0) is 9.84 Å².